The third kappa shape index (κ3) is 4.63. The molecule has 16 heteroatoms. The first-order valence-electron chi connectivity index (χ1n) is 9.81. The maximum Gasteiger partial charge on any atom is 0.469 e. The standard InChI is InChI=1S/C18H22N5O10P/c1-31-10-3-2-9(24)13(25)8(10)4-19-16-12-17(21-6-20-16)23(7-22-12)18-15(27)14(26)11(33-18)5-32-34(28,29)30/h2-3,6-7,11,14-15,18,24-27H,4-5H2,1H3,(H,19,20,21)(H2,28,29,30)/t11-,14-,15-,18-/m1/s1. The van der Waals surface area contributed by atoms with Crippen LogP contribution in [-0.2, 0) is 20.4 Å². The van der Waals surface area contributed by atoms with Crippen LogP contribution in [0.5, 0.6) is 17.2 Å². The second kappa shape index (κ2) is 9.31. The predicted molar refractivity (Wildman–Crippen MR) is 113 cm³/mol. The molecule has 184 valence electrons. The van der Waals surface area contributed by atoms with Gasteiger partial charge in [0.1, 0.15) is 30.4 Å². The van der Waals surface area contributed by atoms with Crippen molar-refractivity contribution in [2.75, 3.05) is 19.0 Å². The Morgan fingerprint density at radius 1 is 1.18 bits per heavy atom. The first-order chi connectivity index (χ1) is 16.1. The van der Waals surface area contributed by atoms with Gasteiger partial charge in [-0.15, -0.1) is 0 Å². The van der Waals surface area contributed by atoms with Crippen molar-refractivity contribution in [2.24, 2.45) is 0 Å². The number of phosphoric ester groups is 1. The summed E-state index contributed by atoms with van der Waals surface area (Å²) < 4.78 is 27.4. The van der Waals surface area contributed by atoms with Gasteiger partial charge < -0.3 is 45.0 Å². The zero-order valence-corrected chi connectivity index (χ0v) is 18.5. The summed E-state index contributed by atoms with van der Waals surface area (Å²) in [4.78, 5) is 30.2. The number of nitrogens with zero attached hydrogens (tertiary/aromatic N) is 4. The number of benzene rings is 1. The second-order valence-corrected chi connectivity index (χ2v) is 8.59. The summed E-state index contributed by atoms with van der Waals surface area (Å²) in [6, 6.07) is 2.79. The van der Waals surface area contributed by atoms with Gasteiger partial charge in [0.05, 0.1) is 25.6 Å². The number of phosphoric acid groups is 1. The van der Waals surface area contributed by atoms with Gasteiger partial charge in [-0.1, -0.05) is 0 Å². The van der Waals surface area contributed by atoms with Crippen LogP contribution in [0.1, 0.15) is 11.8 Å². The minimum absolute atomic E-state index is 0.00539. The van der Waals surface area contributed by atoms with Crippen LogP contribution in [0.4, 0.5) is 5.82 Å². The molecule has 1 aromatic carbocycles. The van der Waals surface area contributed by atoms with E-state index in [0.29, 0.717) is 5.75 Å². The zero-order chi connectivity index (χ0) is 24.6. The number of aromatic hydroxyl groups is 2. The lowest BCUT2D eigenvalue weighted by Crippen LogP contribution is -2.33. The molecule has 4 atom stereocenters. The highest BCUT2D eigenvalue weighted by Gasteiger charge is 2.45. The van der Waals surface area contributed by atoms with Gasteiger partial charge in [0, 0.05) is 6.54 Å². The number of nitrogens with one attached hydrogen (secondary N) is 1. The van der Waals surface area contributed by atoms with E-state index in [1.165, 1.54) is 36.5 Å². The highest BCUT2D eigenvalue weighted by molar-refractivity contribution is 7.46. The number of imidazole rings is 1. The Balaban J connectivity index is 1.57. The van der Waals surface area contributed by atoms with E-state index in [1.807, 2.05) is 0 Å². The maximum absolute atomic E-state index is 10.9. The molecule has 3 aromatic rings. The number of phenols is 2. The molecule has 2 aromatic heterocycles. The highest BCUT2D eigenvalue weighted by atomic mass is 31.2. The third-order valence-electron chi connectivity index (χ3n) is 5.25. The van der Waals surface area contributed by atoms with E-state index in [0.717, 1.165) is 0 Å². The van der Waals surface area contributed by atoms with Gasteiger partial charge in [-0.2, -0.15) is 0 Å². The van der Waals surface area contributed by atoms with Crippen LogP contribution in [0.25, 0.3) is 11.2 Å². The summed E-state index contributed by atoms with van der Waals surface area (Å²) in [5.41, 5.74) is 0.762. The molecule has 0 radical (unpaired) electrons. The van der Waals surface area contributed by atoms with Gasteiger partial charge in [-0.25, -0.2) is 19.5 Å². The first kappa shape index (κ1) is 24.1. The van der Waals surface area contributed by atoms with Crippen LogP contribution in [0.3, 0.4) is 0 Å². The predicted octanol–water partition coefficient (Wildman–Crippen LogP) is -0.413. The monoisotopic (exact) mass is 499 g/mol. The van der Waals surface area contributed by atoms with Crippen LogP contribution < -0.4 is 10.1 Å². The summed E-state index contributed by atoms with van der Waals surface area (Å²) in [6.45, 7) is -0.645. The summed E-state index contributed by atoms with van der Waals surface area (Å²) in [7, 11) is -3.38. The Morgan fingerprint density at radius 2 is 1.94 bits per heavy atom. The minimum atomic E-state index is -4.80. The van der Waals surface area contributed by atoms with Crippen molar-refractivity contribution in [3.05, 3.63) is 30.4 Å². The average Bonchev–Trinajstić information content (AvgIpc) is 3.34. The number of hydrogen-bond acceptors (Lipinski definition) is 12. The topological polar surface area (TPSA) is 222 Å². The molecule has 15 nitrogen and oxygen atoms in total. The first-order valence-corrected chi connectivity index (χ1v) is 11.3. The van der Waals surface area contributed by atoms with Gasteiger partial charge in [-0.05, 0) is 12.1 Å². The van der Waals surface area contributed by atoms with Gasteiger partial charge in [-0.3, -0.25) is 9.09 Å². The summed E-state index contributed by atoms with van der Waals surface area (Å²) >= 11 is 0. The Kier molecular flexibility index (Phi) is 6.60. The number of anilines is 1. The van der Waals surface area contributed by atoms with Gasteiger partial charge in [0.25, 0.3) is 0 Å². The quantitative estimate of drug-likeness (QED) is 0.155. The van der Waals surface area contributed by atoms with Crippen molar-refractivity contribution in [3.63, 3.8) is 0 Å². The minimum Gasteiger partial charge on any atom is -0.504 e. The molecular formula is C18H22N5O10P. The molecule has 0 saturated carbocycles. The van der Waals surface area contributed by atoms with Crippen molar-refractivity contribution in [3.8, 4) is 17.2 Å². The third-order valence-corrected chi connectivity index (χ3v) is 5.73. The van der Waals surface area contributed by atoms with Crippen molar-refractivity contribution >= 4 is 24.8 Å². The lowest BCUT2D eigenvalue weighted by Gasteiger charge is -2.17. The second-order valence-electron chi connectivity index (χ2n) is 7.35. The summed E-state index contributed by atoms with van der Waals surface area (Å²) in [5, 5.41) is 43.6. The van der Waals surface area contributed by atoms with Crippen molar-refractivity contribution in [2.45, 2.75) is 31.1 Å². The van der Waals surface area contributed by atoms with Crippen molar-refractivity contribution in [1.29, 1.82) is 0 Å². The fourth-order valence-electron chi connectivity index (χ4n) is 3.57. The molecule has 0 spiro atoms. The summed E-state index contributed by atoms with van der Waals surface area (Å²) in [6.07, 6.45) is -2.84. The number of methoxy groups -OCH3 is 1. The number of aliphatic hydroxyl groups is 2. The molecular weight excluding hydrogens is 477 g/mol. The lowest BCUT2D eigenvalue weighted by molar-refractivity contribution is -0.0504. The molecule has 0 unspecified atom stereocenters. The largest absolute Gasteiger partial charge is 0.504 e. The molecule has 0 aliphatic carbocycles. The Bertz CT molecular complexity index is 1230. The van der Waals surface area contributed by atoms with Gasteiger partial charge in [0.15, 0.2) is 34.7 Å². The Labute approximate surface area is 191 Å². The Morgan fingerprint density at radius 3 is 2.65 bits per heavy atom. The highest BCUT2D eigenvalue weighted by Crippen LogP contribution is 2.39. The van der Waals surface area contributed by atoms with E-state index in [2.05, 4.69) is 24.8 Å². The number of phenolic OH excluding ortho intramolecular Hbond substituents is 2. The average molecular weight is 499 g/mol. The fraction of sp³-hybridized carbons (Fsp3) is 0.389. The molecule has 1 fully saturated rings. The number of fused-ring (bicyclic) bond motifs is 1. The van der Waals surface area contributed by atoms with E-state index >= 15 is 0 Å². The van der Waals surface area contributed by atoms with E-state index in [-0.39, 0.29) is 40.6 Å². The summed E-state index contributed by atoms with van der Waals surface area (Å²) in [5.74, 6) is -0.0951. The lowest BCUT2D eigenvalue weighted by atomic mass is 10.1. The van der Waals surface area contributed by atoms with Crippen LogP contribution in [0.15, 0.2) is 24.8 Å². The molecule has 1 saturated heterocycles. The van der Waals surface area contributed by atoms with Crippen LogP contribution >= 0.6 is 7.82 Å². The molecule has 0 bridgehead atoms. The van der Waals surface area contributed by atoms with E-state index in [1.54, 1.807) is 0 Å². The maximum atomic E-state index is 10.9. The van der Waals surface area contributed by atoms with Gasteiger partial charge in [0.2, 0.25) is 0 Å². The molecule has 1 aliphatic rings. The molecule has 7 N–H and O–H groups in total. The van der Waals surface area contributed by atoms with Crippen molar-refractivity contribution < 1.29 is 48.8 Å². The molecule has 3 heterocycles. The zero-order valence-electron chi connectivity index (χ0n) is 17.6. The fourth-order valence-corrected chi connectivity index (χ4v) is 3.92. The van der Waals surface area contributed by atoms with E-state index < -0.39 is 39.0 Å². The van der Waals surface area contributed by atoms with Crippen LogP contribution in [-0.4, -0.2) is 81.8 Å². The van der Waals surface area contributed by atoms with Crippen LogP contribution in [0.2, 0.25) is 0 Å². The van der Waals surface area contributed by atoms with E-state index in [4.69, 9.17) is 19.3 Å². The molecule has 0 amide bonds. The number of rotatable bonds is 8. The number of aromatic nitrogens is 4. The van der Waals surface area contributed by atoms with E-state index in [9.17, 15) is 25.0 Å². The molecule has 1 aliphatic heterocycles. The number of ether oxygens (including phenoxy) is 2. The Hall–Kier alpha value is -3.04. The smallest absolute Gasteiger partial charge is 0.469 e. The SMILES string of the molecule is COc1ccc(O)c(O)c1CNc1ncnc2c1ncn2[C@@H]1O[C@H](COP(=O)(O)O)[C@@H](O)[C@H]1O. The molecule has 34 heavy (non-hydrogen) atoms. The van der Waals surface area contributed by atoms with Crippen LogP contribution in [0, 0.1) is 0 Å². The molecule has 4 rings (SSSR count). The number of hydrogen-bond donors (Lipinski definition) is 7. The van der Waals surface area contributed by atoms with Gasteiger partial charge >= 0.3 is 7.82 Å². The normalized spacial score (nSPS) is 22.9. The van der Waals surface area contributed by atoms with Crippen molar-refractivity contribution in [1.82, 2.24) is 19.5 Å². The number of aliphatic hydroxyl groups excluding tert-OH is 2.